The van der Waals surface area contributed by atoms with Gasteiger partial charge in [-0.3, -0.25) is 14.7 Å². The predicted octanol–water partition coefficient (Wildman–Crippen LogP) is 1.16. The highest BCUT2D eigenvalue weighted by molar-refractivity contribution is 6.21. The summed E-state index contributed by atoms with van der Waals surface area (Å²) in [6.07, 6.45) is 3.90. The third-order valence-electron chi connectivity index (χ3n) is 3.89. The Morgan fingerprint density at radius 3 is 2.79 bits per heavy atom. The summed E-state index contributed by atoms with van der Waals surface area (Å²) in [7, 11) is 1.30. The maximum atomic E-state index is 13.7. The van der Waals surface area contributed by atoms with E-state index in [9.17, 15) is 14.0 Å². The zero-order valence-corrected chi connectivity index (χ0v) is 14.7. The Bertz CT molecular complexity index is 1230. The van der Waals surface area contributed by atoms with Gasteiger partial charge in [-0.05, 0) is 19.1 Å². The Morgan fingerprint density at radius 2 is 2.07 bits per heavy atom. The molecule has 1 N–H and O–H groups in total. The molecule has 4 heterocycles. The maximum Gasteiger partial charge on any atom is 0.238 e. The summed E-state index contributed by atoms with van der Waals surface area (Å²) in [5.74, 6) is -1.94. The molecule has 0 amide bonds. The van der Waals surface area contributed by atoms with E-state index >= 15 is 0 Å². The number of hydrogen-bond acceptors (Lipinski definition) is 8. The van der Waals surface area contributed by atoms with Crippen molar-refractivity contribution in [2.24, 2.45) is 0 Å². The minimum atomic E-state index is -0.745. The van der Waals surface area contributed by atoms with Crippen LogP contribution >= 0.6 is 0 Å². The number of ether oxygens (including phenoxy) is 1. The van der Waals surface area contributed by atoms with E-state index in [0.29, 0.717) is 5.82 Å². The normalized spacial score (nSPS) is 11.0. The van der Waals surface area contributed by atoms with E-state index in [4.69, 9.17) is 4.74 Å². The van der Waals surface area contributed by atoms with Crippen molar-refractivity contribution in [3.63, 3.8) is 0 Å². The van der Waals surface area contributed by atoms with Crippen LogP contribution < -0.4 is 4.74 Å². The highest BCUT2D eigenvalue weighted by atomic mass is 19.1. The summed E-state index contributed by atoms with van der Waals surface area (Å²) in [6.45, 7) is 1.63. The SMILES string of the molecule is COc1ncc(F)cc1C(=O)c1nn2cccnc2c1C(=O)c1n[nH]c(C)n1. The Morgan fingerprint density at radius 1 is 1.25 bits per heavy atom. The molecule has 0 radical (unpaired) electrons. The van der Waals surface area contributed by atoms with Crippen LogP contribution in [-0.2, 0) is 0 Å². The smallest absolute Gasteiger partial charge is 0.238 e. The minimum absolute atomic E-state index is 0.0939. The Kier molecular flexibility index (Phi) is 4.11. The molecule has 0 aromatic carbocycles. The molecule has 4 rings (SSSR count). The second-order valence-corrected chi connectivity index (χ2v) is 5.72. The summed E-state index contributed by atoms with van der Waals surface area (Å²) < 4.78 is 20.0. The lowest BCUT2D eigenvalue weighted by molar-refractivity contribution is 0.0995. The van der Waals surface area contributed by atoms with Crippen LogP contribution in [0, 0.1) is 12.7 Å². The zero-order valence-electron chi connectivity index (χ0n) is 14.7. The van der Waals surface area contributed by atoms with E-state index < -0.39 is 17.4 Å². The highest BCUT2D eigenvalue weighted by Crippen LogP contribution is 2.24. The number of aromatic nitrogens is 7. The molecular weight excluding hydrogens is 369 g/mol. The lowest BCUT2D eigenvalue weighted by atomic mass is 10.0. The number of hydrogen-bond donors (Lipinski definition) is 1. The van der Waals surface area contributed by atoms with E-state index in [1.165, 1.54) is 24.0 Å². The maximum absolute atomic E-state index is 13.7. The lowest BCUT2D eigenvalue weighted by Crippen LogP contribution is -2.13. The molecule has 11 heteroatoms. The fraction of sp³-hybridized carbons (Fsp3) is 0.118. The topological polar surface area (TPSA) is 128 Å². The Balaban J connectivity index is 1.94. The van der Waals surface area contributed by atoms with Gasteiger partial charge in [0.25, 0.3) is 0 Å². The molecule has 0 bridgehead atoms. The van der Waals surface area contributed by atoms with Gasteiger partial charge in [-0.15, -0.1) is 5.10 Å². The van der Waals surface area contributed by atoms with Crippen LogP contribution in [0.5, 0.6) is 5.88 Å². The van der Waals surface area contributed by atoms with E-state index in [0.717, 1.165) is 12.3 Å². The van der Waals surface area contributed by atoms with Crippen molar-refractivity contribution in [2.45, 2.75) is 6.92 Å². The van der Waals surface area contributed by atoms with E-state index in [-0.39, 0.29) is 34.2 Å². The molecule has 0 saturated heterocycles. The Hall–Kier alpha value is -4.02. The van der Waals surface area contributed by atoms with Gasteiger partial charge in [0.2, 0.25) is 23.3 Å². The number of H-pyrrole nitrogens is 1. The standard InChI is InChI=1S/C17H12FN7O3/c1-8-21-15(23-22-8)14(27)11-12(24-25-5-3-4-19-16(11)25)13(26)10-6-9(18)7-20-17(10)28-2/h3-7H,1-2H3,(H,21,22,23). The minimum Gasteiger partial charge on any atom is -0.480 e. The molecule has 0 aliphatic carbocycles. The van der Waals surface area contributed by atoms with Gasteiger partial charge in [0.1, 0.15) is 22.9 Å². The number of ketones is 2. The van der Waals surface area contributed by atoms with Crippen LogP contribution in [0.3, 0.4) is 0 Å². The van der Waals surface area contributed by atoms with Gasteiger partial charge in [0, 0.05) is 12.4 Å². The number of carbonyl (C=O) groups excluding carboxylic acids is 2. The number of nitrogens with zero attached hydrogens (tertiary/aromatic N) is 6. The van der Waals surface area contributed by atoms with Crippen molar-refractivity contribution in [1.82, 2.24) is 34.8 Å². The molecule has 28 heavy (non-hydrogen) atoms. The van der Waals surface area contributed by atoms with Gasteiger partial charge in [0.05, 0.1) is 18.9 Å². The van der Waals surface area contributed by atoms with E-state index in [1.54, 1.807) is 13.0 Å². The van der Waals surface area contributed by atoms with Gasteiger partial charge in [-0.2, -0.15) is 5.10 Å². The van der Waals surface area contributed by atoms with Crippen molar-refractivity contribution >= 4 is 17.2 Å². The van der Waals surface area contributed by atoms with Crippen molar-refractivity contribution in [3.05, 3.63) is 65.0 Å². The number of nitrogens with one attached hydrogen (secondary N) is 1. The van der Waals surface area contributed by atoms with Gasteiger partial charge >= 0.3 is 0 Å². The van der Waals surface area contributed by atoms with Gasteiger partial charge < -0.3 is 4.74 Å². The molecule has 140 valence electrons. The van der Waals surface area contributed by atoms with Gasteiger partial charge in [-0.1, -0.05) is 0 Å². The second-order valence-electron chi connectivity index (χ2n) is 5.72. The average molecular weight is 381 g/mol. The first-order valence-electron chi connectivity index (χ1n) is 8.01. The summed E-state index contributed by atoms with van der Waals surface area (Å²) in [6, 6.07) is 2.56. The molecule has 0 aliphatic rings. The lowest BCUT2D eigenvalue weighted by Gasteiger charge is -2.05. The number of fused-ring (bicyclic) bond motifs is 1. The van der Waals surface area contributed by atoms with Crippen LogP contribution in [0.25, 0.3) is 5.65 Å². The van der Waals surface area contributed by atoms with Crippen LogP contribution in [0.1, 0.15) is 38.1 Å². The number of rotatable bonds is 5. The van der Waals surface area contributed by atoms with Crippen LogP contribution in [0.2, 0.25) is 0 Å². The van der Waals surface area contributed by atoms with E-state index in [2.05, 4.69) is 30.2 Å². The third-order valence-corrected chi connectivity index (χ3v) is 3.89. The molecule has 0 fully saturated rings. The number of carbonyl (C=O) groups is 2. The molecule has 0 unspecified atom stereocenters. The molecule has 0 spiro atoms. The predicted molar refractivity (Wildman–Crippen MR) is 91.7 cm³/mol. The summed E-state index contributed by atoms with van der Waals surface area (Å²) in [5.41, 5.74) is -0.375. The summed E-state index contributed by atoms with van der Waals surface area (Å²) in [4.78, 5) is 38.0. The zero-order chi connectivity index (χ0) is 19.8. The molecule has 10 nitrogen and oxygen atoms in total. The fourth-order valence-corrected chi connectivity index (χ4v) is 2.69. The van der Waals surface area contributed by atoms with Crippen molar-refractivity contribution < 1.29 is 18.7 Å². The molecule has 4 aromatic heterocycles. The molecule has 4 aromatic rings. The quantitative estimate of drug-likeness (QED) is 0.510. The number of methoxy groups -OCH3 is 1. The van der Waals surface area contributed by atoms with Crippen molar-refractivity contribution in [3.8, 4) is 5.88 Å². The Labute approximate surface area is 156 Å². The second kappa shape index (κ2) is 6.61. The number of halogens is 1. The van der Waals surface area contributed by atoms with Gasteiger partial charge in [0.15, 0.2) is 5.65 Å². The van der Waals surface area contributed by atoms with Gasteiger partial charge in [-0.25, -0.2) is 23.9 Å². The molecule has 0 saturated carbocycles. The molecular formula is C17H12FN7O3. The largest absolute Gasteiger partial charge is 0.480 e. The summed E-state index contributed by atoms with van der Waals surface area (Å²) in [5, 5.41) is 10.6. The monoisotopic (exact) mass is 381 g/mol. The molecule has 0 atom stereocenters. The highest BCUT2D eigenvalue weighted by Gasteiger charge is 2.31. The van der Waals surface area contributed by atoms with E-state index in [1.807, 2.05) is 0 Å². The summed E-state index contributed by atoms with van der Waals surface area (Å²) >= 11 is 0. The average Bonchev–Trinajstić information content (AvgIpc) is 3.30. The number of aryl methyl sites for hydroxylation is 1. The van der Waals surface area contributed by atoms with Crippen LogP contribution in [-0.4, -0.2) is 53.4 Å². The number of aromatic amines is 1. The first kappa shape index (κ1) is 17.4. The molecule has 0 aliphatic heterocycles. The first-order valence-corrected chi connectivity index (χ1v) is 8.01. The fourth-order valence-electron chi connectivity index (χ4n) is 2.69. The third kappa shape index (κ3) is 2.78. The first-order chi connectivity index (χ1) is 13.5. The van der Waals surface area contributed by atoms with Crippen molar-refractivity contribution in [2.75, 3.05) is 7.11 Å². The van der Waals surface area contributed by atoms with Crippen LogP contribution in [0.15, 0.2) is 30.7 Å². The van der Waals surface area contributed by atoms with Crippen LogP contribution in [0.4, 0.5) is 4.39 Å². The van der Waals surface area contributed by atoms with Crippen molar-refractivity contribution in [1.29, 1.82) is 0 Å². The number of pyridine rings is 1.